The van der Waals surface area contributed by atoms with Crippen LogP contribution in [0.1, 0.15) is 35.5 Å². The van der Waals surface area contributed by atoms with Crippen LogP contribution in [0.5, 0.6) is 0 Å². The van der Waals surface area contributed by atoms with Crippen molar-refractivity contribution in [3.63, 3.8) is 0 Å². The molecule has 8 heteroatoms. The number of thioether (sulfide) groups is 1. The van der Waals surface area contributed by atoms with Crippen molar-refractivity contribution in [3.05, 3.63) is 46.2 Å². The number of Topliss-reactive ketones (excluding diaryl/α,β-unsaturated/α-hetero) is 1. The van der Waals surface area contributed by atoms with Crippen LogP contribution in [0, 0.1) is 0 Å². The van der Waals surface area contributed by atoms with Gasteiger partial charge >= 0.3 is 0 Å². The summed E-state index contributed by atoms with van der Waals surface area (Å²) in [6.07, 6.45) is 2.18. The quantitative estimate of drug-likeness (QED) is 0.436. The summed E-state index contributed by atoms with van der Waals surface area (Å²) < 4.78 is 1.91. The van der Waals surface area contributed by atoms with E-state index in [2.05, 4.69) is 33.9 Å². The molecule has 1 aromatic carbocycles. The molecule has 0 spiro atoms. The van der Waals surface area contributed by atoms with Gasteiger partial charge in [0.1, 0.15) is 0 Å². The lowest BCUT2D eigenvalue weighted by atomic mass is 10.1. The summed E-state index contributed by atoms with van der Waals surface area (Å²) in [5.41, 5.74) is 2.34. The fourth-order valence-corrected chi connectivity index (χ4v) is 4.36. The monoisotopic (exact) mass is 414 g/mol. The predicted molar refractivity (Wildman–Crippen MR) is 114 cm³/mol. The summed E-state index contributed by atoms with van der Waals surface area (Å²) in [6.45, 7) is 3.68. The van der Waals surface area contributed by atoms with Crippen molar-refractivity contribution in [3.8, 4) is 11.4 Å². The second kappa shape index (κ2) is 9.16. The Morgan fingerprint density at radius 3 is 2.64 bits per heavy atom. The number of hydrogen-bond acceptors (Lipinski definition) is 6. The molecule has 0 atom stereocenters. The Hall–Kier alpha value is -2.45. The number of rotatable bonds is 8. The van der Waals surface area contributed by atoms with E-state index in [0.717, 1.165) is 24.2 Å². The Labute approximate surface area is 172 Å². The van der Waals surface area contributed by atoms with Crippen LogP contribution in [0.3, 0.4) is 0 Å². The second-order valence-corrected chi connectivity index (χ2v) is 8.33. The third kappa shape index (κ3) is 4.88. The van der Waals surface area contributed by atoms with E-state index in [1.54, 1.807) is 35.6 Å². The molecule has 0 bridgehead atoms. The maximum absolute atomic E-state index is 12.2. The van der Waals surface area contributed by atoms with E-state index < -0.39 is 0 Å². The number of ketones is 1. The van der Waals surface area contributed by atoms with Crippen molar-refractivity contribution in [1.82, 2.24) is 14.8 Å². The molecule has 0 saturated heterocycles. The first-order valence-electron chi connectivity index (χ1n) is 8.98. The van der Waals surface area contributed by atoms with Gasteiger partial charge < -0.3 is 9.88 Å². The predicted octanol–water partition coefficient (Wildman–Crippen LogP) is 4.43. The normalized spacial score (nSPS) is 10.8. The Bertz CT molecular complexity index is 977. The number of nitrogens with zero attached hydrogens (tertiary/aromatic N) is 3. The van der Waals surface area contributed by atoms with Gasteiger partial charge in [-0.15, -0.1) is 21.5 Å². The van der Waals surface area contributed by atoms with Crippen molar-refractivity contribution in [1.29, 1.82) is 0 Å². The van der Waals surface area contributed by atoms with Gasteiger partial charge in [-0.1, -0.05) is 25.1 Å². The Morgan fingerprint density at radius 1 is 1.21 bits per heavy atom. The van der Waals surface area contributed by atoms with Crippen LogP contribution >= 0.6 is 23.1 Å². The van der Waals surface area contributed by atoms with Crippen molar-refractivity contribution >= 4 is 40.5 Å². The topological polar surface area (TPSA) is 76.9 Å². The van der Waals surface area contributed by atoms with Crippen molar-refractivity contribution in [2.45, 2.75) is 31.8 Å². The third-order valence-electron chi connectivity index (χ3n) is 4.15. The smallest absolute Gasteiger partial charge is 0.234 e. The minimum absolute atomic E-state index is 0.000967. The SMILES string of the molecule is CCCc1cc(-c2nnc(SCC(=O)Nc3ccc(C(C)=O)cc3)n2C)cs1. The van der Waals surface area contributed by atoms with Gasteiger partial charge in [-0.2, -0.15) is 0 Å². The number of aryl methyl sites for hydroxylation is 1. The molecule has 1 N–H and O–H groups in total. The Kier molecular flexibility index (Phi) is 6.64. The number of benzene rings is 1. The highest BCUT2D eigenvalue weighted by Crippen LogP contribution is 2.27. The highest BCUT2D eigenvalue weighted by atomic mass is 32.2. The van der Waals surface area contributed by atoms with E-state index in [9.17, 15) is 9.59 Å². The van der Waals surface area contributed by atoms with Crippen molar-refractivity contribution < 1.29 is 9.59 Å². The second-order valence-electron chi connectivity index (χ2n) is 6.39. The third-order valence-corrected chi connectivity index (χ3v) is 6.17. The van der Waals surface area contributed by atoms with Gasteiger partial charge in [0.05, 0.1) is 5.75 Å². The Morgan fingerprint density at radius 2 is 1.96 bits per heavy atom. The summed E-state index contributed by atoms with van der Waals surface area (Å²) in [5, 5.41) is 14.1. The molecule has 0 unspecified atom stereocenters. The summed E-state index contributed by atoms with van der Waals surface area (Å²) in [4.78, 5) is 24.9. The average Bonchev–Trinajstić information content (AvgIpc) is 3.27. The molecule has 28 heavy (non-hydrogen) atoms. The number of hydrogen-bond donors (Lipinski definition) is 1. The highest BCUT2D eigenvalue weighted by molar-refractivity contribution is 7.99. The molecular weight excluding hydrogens is 392 g/mol. The largest absolute Gasteiger partial charge is 0.325 e. The molecule has 0 saturated carbocycles. The molecule has 6 nitrogen and oxygen atoms in total. The summed E-state index contributed by atoms with van der Waals surface area (Å²) in [6, 6.07) is 9.01. The van der Waals surface area contributed by atoms with Crippen LogP contribution in [0.4, 0.5) is 5.69 Å². The van der Waals surface area contributed by atoms with E-state index in [4.69, 9.17) is 0 Å². The molecule has 0 radical (unpaired) electrons. The van der Waals surface area contributed by atoms with Gasteiger partial charge in [-0.25, -0.2) is 0 Å². The van der Waals surface area contributed by atoms with Crippen LogP contribution in [0.25, 0.3) is 11.4 Å². The minimum atomic E-state index is -0.133. The van der Waals surface area contributed by atoms with Crippen molar-refractivity contribution in [2.24, 2.45) is 7.05 Å². The lowest BCUT2D eigenvalue weighted by molar-refractivity contribution is -0.113. The first-order chi connectivity index (χ1) is 13.5. The van der Waals surface area contributed by atoms with Gasteiger partial charge in [-0.3, -0.25) is 9.59 Å². The molecule has 2 aromatic heterocycles. The summed E-state index contributed by atoms with van der Waals surface area (Å²) in [7, 11) is 1.91. The molecule has 3 aromatic rings. The molecular formula is C20H22N4O2S2. The van der Waals surface area contributed by atoms with E-state index in [1.807, 2.05) is 11.6 Å². The fraction of sp³-hybridized carbons (Fsp3) is 0.300. The highest BCUT2D eigenvalue weighted by Gasteiger charge is 2.14. The Balaban J connectivity index is 1.59. The standard InChI is InChI=1S/C20H22N4O2S2/c1-4-5-17-10-15(11-27-17)19-22-23-20(24(19)3)28-12-18(26)21-16-8-6-14(7-9-16)13(2)25/h6-11H,4-5,12H2,1-3H3,(H,21,26). The average molecular weight is 415 g/mol. The number of aromatic nitrogens is 3. The maximum atomic E-state index is 12.2. The number of nitrogens with one attached hydrogen (secondary N) is 1. The van der Waals surface area contributed by atoms with Crippen LogP contribution in [0.15, 0.2) is 40.9 Å². The zero-order valence-electron chi connectivity index (χ0n) is 16.1. The molecule has 0 aliphatic heterocycles. The molecule has 0 fully saturated rings. The van der Waals surface area contributed by atoms with E-state index in [-0.39, 0.29) is 17.4 Å². The van der Waals surface area contributed by atoms with Crippen LogP contribution in [0.2, 0.25) is 0 Å². The number of anilines is 1. The lowest BCUT2D eigenvalue weighted by Gasteiger charge is -2.06. The first-order valence-corrected chi connectivity index (χ1v) is 10.8. The van der Waals surface area contributed by atoms with Gasteiger partial charge in [0, 0.05) is 34.1 Å². The fourth-order valence-electron chi connectivity index (χ4n) is 2.68. The molecule has 1 amide bonds. The molecule has 0 aliphatic carbocycles. The molecule has 2 heterocycles. The number of carbonyl (C=O) groups excluding carboxylic acids is 2. The molecule has 146 valence electrons. The van der Waals surface area contributed by atoms with Gasteiger partial charge in [0.25, 0.3) is 0 Å². The number of thiophene rings is 1. The summed E-state index contributed by atoms with van der Waals surface area (Å²) in [5.74, 6) is 0.900. The molecule has 0 aliphatic rings. The zero-order chi connectivity index (χ0) is 20.1. The van der Waals surface area contributed by atoms with Crippen LogP contribution in [-0.2, 0) is 18.3 Å². The van der Waals surface area contributed by atoms with E-state index in [1.165, 1.54) is 23.6 Å². The number of carbonyl (C=O) groups is 2. The minimum Gasteiger partial charge on any atom is -0.325 e. The molecule has 3 rings (SSSR count). The van der Waals surface area contributed by atoms with Crippen LogP contribution in [-0.4, -0.2) is 32.2 Å². The maximum Gasteiger partial charge on any atom is 0.234 e. The first kappa shape index (κ1) is 20.3. The number of amides is 1. The lowest BCUT2D eigenvalue weighted by Crippen LogP contribution is -2.14. The van der Waals surface area contributed by atoms with E-state index in [0.29, 0.717) is 16.4 Å². The van der Waals surface area contributed by atoms with Gasteiger partial charge in [0.2, 0.25) is 5.91 Å². The van der Waals surface area contributed by atoms with Crippen LogP contribution < -0.4 is 5.32 Å². The van der Waals surface area contributed by atoms with Crippen molar-refractivity contribution in [2.75, 3.05) is 11.1 Å². The van der Waals surface area contributed by atoms with Gasteiger partial charge in [0.15, 0.2) is 16.8 Å². The van der Waals surface area contributed by atoms with E-state index >= 15 is 0 Å². The van der Waals surface area contributed by atoms with Gasteiger partial charge in [-0.05, 0) is 43.7 Å². The summed E-state index contributed by atoms with van der Waals surface area (Å²) >= 11 is 3.08. The zero-order valence-corrected chi connectivity index (χ0v) is 17.7.